The van der Waals surface area contributed by atoms with E-state index in [1.807, 2.05) is 0 Å². The molecule has 1 aromatic heterocycles. The SMILES string of the molecule is CC(C)(C)c1ccc(N2c3cc4c(cc3B3c5c(cc(-c6ccccc6)cc52)N(C2=CC5C(C=C2)C(C)(C)CCC5(C)C)c2sc5cc6c(cc5c23)C(C)(C)CCC6(C)C)C(C)(C)CCC4(C)C)cc1. The van der Waals surface area contributed by atoms with E-state index in [2.05, 4.69) is 234 Å². The normalized spacial score (nSPS) is 23.6. The molecule has 6 aliphatic rings. The van der Waals surface area contributed by atoms with Gasteiger partial charge in [-0.25, -0.2) is 0 Å². The van der Waals surface area contributed by atoms with Crippen molar-refractivity contribution in [2.75, 3.05) is 9.80 Å². The zero-order chi connectivity index (χ0) is 49.5. The average molecular weight is 941 g/mol. The summed E-state index contributed by atoms with van der Waals surface area (Å²) >= 11 is 2.06. The number of fused-ring (bicyclic) bond motifs is 9. The van der Waals surface area contributed by atoms with E-state index >= 15 is 0 Å². The van der Waals surface area contributed by atoms with Crippen molar-refractivity contribution >= 4 is 72.3 Å². The molecule has 2 nitrogen and oxygen atoms in total. The second-order valence-corrected chi connectivity index (χ2v) is 28.9. The van der Waals surface area contributed by atoms with Gasteiger partial charge in [0.25, 0.3) is 6.71 Å². The molecular formula is C66H77BN2S. The van der Waals surface area contributed by atoms with Gasteiger partial charge in [-0.3, -0.25) is 0 Å². The lowest BCUT2D eigenvalue weighted by molar-refractivity contribution is 0.0327. The minimum Gasteiger partial charge on any atom is -0.311 e. The van der Waals surface area contributed by atoms with Crippen molar-refractivity contribution in [1.82, 2.24) is 0 Å². The van der Waals surface area contributed by atoms with Crippen molar-refractivity contribution < 1.29 is 0 Å². The fourth-order valence-corrected chi connectivity index (χ4v) is 15.6. The monoisotopic (exact) mass is 941 g/mol. The molecule has 5 aromatic carbocycles. The highest BCUT2D eigenvalue weighted by atomic mass is 32.1. The maximum Gasteiger partial charge on any atom is 0.254 e. The predicted molar refractivity (Wildman–Crippen MR) is 305 cm³/mol. The highest BCUT2D eigenvalue weighted by molar-refractivity contribution is 7.26. The molecule has 0 saturated heterocycles. The Kier molecular flexibility index (Phi) is 9.85. The first-order valence-corrected chi connectivity index (χ1v) is 27.7. The number of hydrogen-bond acceptors (Lipinski definition) is 3. The van der Waals surface area contributed by atoms with E-state index < -0.39 is 0 Å². The molecule has 4 heteroatoms. The van der Waals surface area contributed by atoms with Crippen LogP contribution in [0.3, 0.4) is 0 Å². The first-order valence-electron chi connectivity index (χ1n) is 26.9. The molecule has 0 amide bonds. The van der Waals surface area contributed by atoms with Crippen LogP contribution in [-0.2, 0) is 27.1 Å². The van der Waals surface area contributed by atoms with E-state index in [0.29, 0.717) is 11.8 Å². The number of nitrogens with zero attached hydrogens (tertiary/aromatic N) is 2. The summed E-state index contributed by atoms with van der Waals surface area (Å²) in [5, 5.41) is 2.85. The van der Waals surface area contributed by atoms with Crippen molar-refractivity contribution in [3.05, 3.63) is 143 Å². The number of benzene rings is 5. The molecule has 12 rings (SSSR count). The van der Waals surface area contributed by atoms with Crippen LogP contribution in [0.15, 0.2) is 115 Å². The van der Waals surface area contributed by atoms with Gasteiger partial charge in [0.1, 0.15) is 0 Å². The van der Waals surface area contributed by atoms with Crippen LogP contribution in [0, 0.1) is 22.7 Å². The van der Waals surface area contributed by atoms with E-state index in [0.717, 1.165) is 0 Å². The van der Waals surface area contributed by atoms with Crippen LogP contribution < -0.4 is 26.2 Å². The van der Waals surface area contributed by atoms with Crippen molar-refractivity contribution in [3.8, 4) is 11.1 Å². The third kappa shape index (κ3) is 6.83. The molecule has 0 radical (unpaired) electrons. The Balaban J connectivity index is 1.23. The Morgan fingerprint density at radius 3 is 1.67 bits per heavy atom. The van der Waals surface area contributed by atoms with Crippen LogP contribution in [0.4, 0.5) is 27.8 Å². The van der Waals surface area contributed by atoms with E-state index in [9.17, 15) is 0 Å². The maximum atomic E-state index is 2.78. The van der Waals surface area contributed by atoms with E-state index in [1.54, 1.807) is 11.1 Å². The first-order chi connectivity index (χ1) is 32.8. The van der Waals surface area contributed by atoms with Crippen LogP contribution >= 0.6 is 11.3 Å². The van der Waals surface area contributed by atoms with Crippen LogP contribution in [0.25, 0.3) is 21.2 Å². The van der Waals surface area contributed by atoms with Crippen molar-refractivity contribution in [1.29, 1.82) is 0 Å². The number of hydrogen-bond donors (Lipinski definition) is 0. The fourth-order valence-electron chi connectivity index (χ4n) is 14.3. The third-order valence-electron chi connectivity index (χ3n) is 19.4. The van der Waals surface area contributed by atoms with Gasteiger partial charge in [0.2, 0.25) is 0 Å². The lowest BCUT2D eigenvalue weighted by Crippen LogP contribution is -2.62. The summed E-state index contributed by atoms with van der Waals surface area (Å²) in [7, 11) is 0. The maximum absolute atomic E-state index is 2.78. The van der Waals surface area contributed by atoms with Gasteiger partial charge in [-0.05, 0) is 198 Å². The number of thiophene rings is 1. The quantitative estimate of drug-likeness (QED) is 0.163. The van der Waals surface area contributed by atoms with Crippen LogP contribution in [0.1, 0.15) is 170 Å². The molecule has 0 bridgehead atoms. The van der Waals surface area contributed by atoms with Gasteiger partial charge in [-0.2, -0.15) is 0 Å². The minimum absolute atomic E-state index is 0.0461. The van der Waals surface area contributed by atoms with Crippen LogP contribution in [-0.4, -0.2) is 6.71 Å². The molecule has 70 heavy (non-hydrogen) atoms. The summed E-state index contributed by atoms with van der Waals surface area (Å²) < 4.78 is 1.43. The number of rotatable bonds is 3. The Morgan fingerprint density at radius 1 is 0.529 bits per heavy atom. The Bertz CT molecular complexity index is 3220. The smallest absolute Gasteiger partial charge is 0.254 e. The molecule has 0 spiro atoms. The van der Waals surface area contributed by atoms with Gasteiger partial charge >= 0.3 is 0 Å². The molecule has 4 aliphatic carbocycles. The second-order valence-electron chi connectivity index (χ2n) is 27.9. The molecule has 2 unspecified atom stereocenters. The molecule has 1 saturated carbocycles. The molecule has 3 heterocycles. The van der Waals surface area contributed by atoms with Gasteiger partial charge in [-0.1, -0.05) is 165 Å². The second kappa shape index (κ2) is 14.9. The zero-order valence-electron chi connectivity index (χ0n) is 45.2. The Labute approximate surface area is 425 Å². The number of anilines is 5. The van der Waals surface area contributed by atoms with Gasteiger partial charge in [0.05, 0.1) is 5.00 Å². The summed E-state index contributed by atoms with van der Waals surface area (Å²) in [5.41, 5.74) is 21.7. The molecular weight excluding hydrogens is 864 g/mol. The van der Waals surface area contributed by atoms with Crippen LogP contribution in [0.2, 0.25) is 0 Å². The Hall–Kier alpha value is -4.80. The molecule has 1 fully saturated rings. The summed E-state index contributed by atoms with van der Waals surface area (Å²) in [4.78, 5) is 5.47. The summed E-state index contributed by atoms with van der Waals surface area (Å²) in [5.74, 6) is 0.932. The van der Waals surface area contributed by atoms with Crippen molar-refractivity contribution in [3.63, 3.8) is 0 Å². The summed E-state index contributed by atoms with van der Waals surface area (Å²) in [6, 6.07) is 36.8. The van der Waals surface area contributed by atoms with E-state index in [4.69, 9.17) is 0 Å². The van der Waals surface area contributed by atoms with E-state index in [1.165, 1.54) is 126 Å². The van der Waals surface area contributed by atoms with Crippen molar-refractivity contribution in [2.45, 2.75) is 169 Å². The van der Waals surface area contributed by atoms with Gasteiger partial charge in [0, 0.05) is 33.1 Å². The predicted octanol–water partition coefficient (Wildman–Crippen LogP) is 16.8. The van der Waals surface area contributed by atoms with E-state index in [-0.39, 0.29) is 44.6 Å². The fraction of sp³-hybridized carbons (Fsp3) is 0.455. The number of allylic oxidation sites excluding steroid dienone is 3. The first kappa shape index (κ1) is 46.3. The highest BCUT2D eigenvalue weighted by Gasteiger charge is 2.51. The summed E-state index contributed by atoms with van der Waals surface area (Å²) in [6.07, 6.45) is 15.2. The molecule has 2 aliphatic heterocycles. The topological polar surface area (TPSA) is 6.48 Å². The average Bonchev–Trinajstić information content (AvgIpc) is 3.68. The lowest BCUT2D eigenvalue weighted by atomic mass is 9.33. The van der Waals surface area contributed by atoms with Gasteiger partial charge in [0.15, 0.2) is 0 Å². The van der Waals surface area contributed by atoms with Crippen molar-refractivity contribution in [2.24, 2.45) is 22.7 Å². The molecule has 360 valence electrons. The molecule has 0 N–H and O–H groups in total. The summed E-state index contributed by atoms with van der Waals surface area (Å²) in [6.45, 7) is 37.2. The third-order valence-corrected chi connectivity index (χ3v) is 20.6. The zero-order valence-corrected chi connectivity index (χ0v) is 46.0. The standard InChI is InChI=1S/C66H77BN2S/c1-60(2,3)42-21-23-43(24-22-42)68-53-38-50-49(64(10,11)30-31-65(50,12)13)37-52(53)67-57-45-36-48-51(66(14,15)32-29-63(48,8)9)39-56(45)70-59(57)69(44-25-26-46-47(35-44)62(6,7)28-27-61(46,4)5)55-34-41(33-54(68)58(55)67)40-19-17-16-18-20-40/h16-26,33-39,46-47H,27-32H2,1-15H3. The van der Waals surface area contributed by atoms with Crippen LogP contribution in [0.5, 0.6) is 0 Å². The minimum atomic E-state index is 0.0461. The Morgan fingerprint density at radius 2 is 1.07 bits per heavy atom. The largest absolute Gasteiger partial charge is 0.311 e. The molecule has 6 aromatic rings. The molecule has 2 atom stereocenters. The van der Waals surface area contributed by atoms with Gasteiger partial charge in [-0.15, -0.1) is 11.3 Å². The lowest BCUT2D eigenvalue weighted by Gasteiger charge is -2.52. The highest BCUT2D eigenvalue weighted by Crippen LogP contribution is 2.58. The van der Waals surface area contributed by atoms with Gasteiger partial charge < -0.3 is 9.80 Å².